The fraction of sp³-hybridized carbons (Fsp3) is 0.867. The van der Waals surface area contributed by atoms with Gasteiger partial charge in [0.1, 0.15) is 0 Å². The minimum Gasteiger partial charge on any atom is -0.481 e. The predicted octanol–water partition coefficient (Wildman–Crippen LogP) is 2.43. The van der Waals surface area contributed by atoms with E-state index in [9.17, 15) is 14.7 Å². The Balaban J connectivity index is 2.01. The summed E-state index contributed by atoms with van der Waals surface area (Å²) in [4.78, 5) is 23.6. The zero-order valence-corrected chi connectivity index (χ0v) is 12.1. The van der Waals surface area contributed by atoms with Crippen molar-refractivity contribution >= 4 is 11.9 Å². The van der Waals surface area contributed by atoms with Crippen molar-refractivity contribution in [1.82, 2.24) is 5.32 Å². The lowest BCUT2D eigenvalue weighted by molar-refractivity contribution is -0.146. The van der Waals surface area contributed by atoms with E-state index in [0.29, 0.717) is 18.8 Å². The Morgan fingerprint density at radius 3 is 2.37 bits per heavy atom. The fourth-order valence-corrected chi connectivity index (χ4v) is 3.73. The molecule has 19 heavy (non-hydrogen) atoms. The molecule has 2 unspecified atom stereocenters. The van der Waals surface area contributed by atoms with Crippen LogP contribution in [0.3, 0.4) is 0 Å². The molecular weight excluding hydrogens is 242 g/mol. The van der Waals surface area contributed by atoms with Crippen molar-refractivity contribution in [2.75, 3.05) is 0 Å². The lowest BCUT2D eigenvalue weighted by Gasteiger charge is -2.29. The number of aliphatic carboxylic acids is 1. The van der Waals surface area contributed by atoms with Gasteiger partial charge in [-0.25, -0.2) is 0 Å². The van der Waals surface area contributed by atoms with E-state index in [1.54, 1.807) is 0 Å². The molecule has 1 amide bonds. The number of rotatable bonds is 3. The van der Waals surface area contributed by atoms with E-state index in [-0.39, 0.29) is 23.3 Å². The molecule has 2 aliphatic rings. The first-order valence-corrected chi connectivity index (χ1v) is 7.34. The fourth-order valence-electron chi connectivity index (χ4n) is 3.73. The third-order valence-corrected chi connectivity index (χ3v) is 5.03. The first-order valence-electron chi connectivity index (χ1n) is 7.34. The molecule has 0 spiro atoms. The molecule has 4 heteroatoms. The molecule has 0 aromatic heterocycles. The van der Waals surface area contributed by atoms with E-state index in [2.05, 4.69) is 19.2 Å². The maximum atomic E-state index is 12.4. The highest BCUT2D eigenvalue weighted by molar-refractivity contribution is 5.85. The second kappa shape index (κ2) is 5.14. The Hall–Kier alpha value is -1.06. The molecule has 2 fully saturated rings. The molecular formula is C15H25NO3. The summed E-state index contributed by atoms with van der Waals surface area (Å²) in [6.07, 6.45) is 4.61. The van der Waals surface area contributed by atoms with Crippen LogP contribution in [0.25, 0.3) is 0 Å². The second-order valence-corrected chi connectivity index (χ2v) is 7.07. The van der Waals surface area contributed by atoms with Crippen LogP contribution in [0.5, 0.6) is 0 Å². The Morgan fingerprint density at radius 1 is 1.21 bits per heavy atom. The molecule has 0 radical (unpaired) electrons. The number of amides is 1. The predicted molar refractivity (Wildman–Crippen MR) is 72.6 cm³/mol. The van der Waals surface area contributed by atoms with Gasteiger partial charge in [0.15, 0.2) is 0 Å². The van der Waals surface area contributed by atoms with Crippen LogP contribution in [-0.4, -0.2) is 23.0 Å². The van der Waals surface area contributed by atoms with E-state index in [1.165, 1.54) is 0 Å². The number of carboxylic acid groups (broad SMARTS) is 1. The van der Waals surface area contributed by atoms with Gasteiger partial charge in [0.25, 0.3) is 0 Å². The zero-order chi connectivity index (χ0) is 14.2. The summed E-state index contributed by atoms with van der Waals surface area (Å²) in [6, 6.07) is 0.199. The number of carboxylic acids is 1. The molecule has 0 heterocycles. The molecule has 0 aromatic rings. The number of hydrogen-bond acceptors (Lipinski definition) is 2. The molecule has 2 aliphatic carbocycles. The molecule has 0 aliphatic heterocycles. The van der Waals surface area contributed by atoms with Gasteiger partial charge in [-0.15, -0.1) is 0 Å². The van der Waals surface area contributed by atoms with Crippen molar-refractivity contribution in [3.8, 4) is 0 Å². The lowest BCUT2D eigenvalue weighted by atomic mass is 9.86. The first kappa shape index (κ1) is 14.4. The molecule has 0 bridgehead atoms. The summed E-state index contributed by atoms with van der Waals surface area (Å²) in [5.74, 6) is -1.39. The van der Waals surface area contributed by atoms with Crippen molar-refractivity contribution < 1.29 is 14.7 Å². The Morgan fingerprint density at radius 2 is 1.84 bits per heavy atom. The largest absolute Gasteiger partial charge is 0.481 e. The van der Waals surface area contributed by atoms with E-state index >= 15 is 0 Å². The average Bonchev–Trinajstić information content (AvgIpc) is 2.83. The zero-order valence-electron chi connectivity index (χ0n) is 12.1. The van der Waals surface area contributed by atoms with Crippen LogP contribution in [0, 0.1) is 23.2 Å². The van der Waals surface area contributed by atoms with Gasteiger partial charge in [-0.2, -0.15) is 0 Å². The standard InChI is InChI=1S/C15H25NO3/c1-9-7-10(11(8-9)14(18)19)13(17)16-12-5-4-6-15(12,2)3/h9-12H,4-8H2,1-3H3,(H,16,17)(H,18,19)/t9?,10-,11+,12?/m0/s1. The highest BCUT2D eigenvalue weighted by atomic mass is 16.4. The maximum absolute atomic E-state index is 12.4. The molecule has 4 nitrogen and oxygen atoms in total. The molecule has 2 rings (SSSR count). The van der Waals surface area contributed by atoms with Gasteiger partial charge in [-0.1, -0.05) is 27.2 Å². The third kappa shape index (κ3) is 2.93. The van der Waals surface area contributed by atoms with Gasteiger partial charge in [-0.3, -0.25) is 9.59 Å². The van der Waals surface area contributed by atoms with E-state index in [0.717, 1.165) is 19.3 Å². The van der Waals surface area contributed by atoms with Crippen LogP contribution in [0.4, 0.5) is 0 Å². The topological polar surface area (TPSA) is 66.4 Å². The van der Waals surface area contributed by atoms with Crippen molar-refractivity contribution in [3.63, 3.8) is 0 Å². The first-order chi connectivity index (χ1) is 8.81. The maximum Gasteiger partial charge on any atom is 0.307 e. The molecule has 2 N–H and O–H groups in total. The van der Waals surface area contributed by atoms with Crippen molar-refractivity contribution in [3.05, 3.63) is 0 Å². The highest BCUT2D eigenvalue weighted by Gasteiger charge is 2.43. The van der Waals surface area contributed by atoms with Crippen LogP contribution in [0.1, 0.15) is 52.9 Å². The van der Waals surface area contributed by atoms with E-state index in [1.807, 2.05) is 6.92 Å². The molecule has 4 atom stereocenters. The minimum atomic E-state index is -0.824. The van der Waals surface area contributed by atoms with Crippen LogP contribution in [-0.2, 0) is 9.59 Å². The van der Waals surface area contributed by atoms with Crippen LogP contribution in [0.15, 0.2) is 0 Å². The van der Waals surface area contributed by atoms with Crippen LogP contribution >= 0.6 is 0 Å². The van der Waals surface area contributed by atoms with Crippen molar-refractivity contribution in [2.45, 2.75) is 58.9 Å². The van der Waals surface area contributed by atoms with E-state index < -0.39 is 11.9 Å². The summed E-state index contributed by atoms with van der Waals surface area (Å²) in [7, 11) is 0. The van der Waals surface area contributed by atoms with Gasteiger partial charge < -0.3 is 10.4 Å². The Labute approximate surface area is 115 Å². The van der Waals surface area contributed by atoms with Crippen LogP contribution < -0.4 is 5.32 Å². The highest BCUT2D eigenvalue weighted by Crippen LogP contribution is 2.40. The smallest absolute Gasteiger partial charge is 0.307 e. The third-order valence-electron chi connectivity index (χ3n) is 5.03. The van der Waals surface area contributed by atoms with E-state index in [4.69, 9.17) is 0 Å². The SMILES string of the molecule is CC1C[C@H](C(=O)NC2CCCC2(C)C)[C@H](C(=O)O)C1. The quantitative estimate of drug-likeness (QED) is 0.825. The average molecular weight is 267 g/mol. The van der Waals surface area contributed by atoms with Gasteiger partial charge in [0.05, 0.1) is 11.8 Å². The number of nitrogens with one attached hydrogen (secondary N) is 1. The van der Waals surface area contributed by atoms with Crippen molar-refractivity contribution in [1.29, 1.82) is 0 Å². The second-order valence-electron chi connectivity index (χ2n) is 7.07. The van der Waals surface area contributed by atoms with Gasteiger partial charge in [0, 0.05) is 6.04 Å². The number of hydrogen-bond donors (Lipinski definition) is 2. The van der Waals surface area contributed by atoms with Gasteiger partial charge in [0.2, 0.25) is 5.91 Å². The van der Waals surface area contributed by atoms with Gasteiger partial charge >= 0.3 is 5.97 Å². The number of carbonyl (C=O) groups excluding carboxylic acids is 1. The summed E-state index contributed by atoms with van der Waals surface area (Å²) in [6.45, 7) is 6.39. The molecule has 0 aromatic carbocycles. The summed E-state index contributed by atoms with van der Waals surface area (Å²) < 4.78 is 0. The molecule has 2 saturated carbocycles. The van der Waals surface area contributed by atoms with Gasteiger partial charge in [-0.05, 0) is 37.0 Å². The lowest BCUT2D eigenvalue weighted by Crippen LogP contribution is -2.45. The Bertz CT molecular complexity index is 378. The number of carbonyl (C=O) groups is 2. The summed E-state index contributed by atoms with van der Waals surface area (Å²) in [5.41, 5.74) is 0.138. The monoisotopic (exact) mass is 267 g/mol. The molecule has 0 saturated heterocycles. The summed E-state index contributed by atoms with van der Waals surface area (Å²) in [5, 5.41) is 12.3. The Kier molecular flexibility index (Phi) is 3.88. The normalized spacial score (nSPS) is 37.2. The molecule has 108 valence electrons. The van der Waals surface area contributed by atoms with Crippen LogP contribution in [0.2, 0.25) is 0 Å². The minimum absolute atomic E-state index is 0.0447. The summed E-state index contributed by atoms with van der Waals surface area (Å²) >= 11 is 0. The van der Waals surface area contributed by atoms with Crippen molar-refractivity contribution in [2.24, 2.45) is 23.2 Å².